The van der Waals surface area contributed by atoms with Crippen molar-refractivity contribution in [3.8, 4) is 5.75 Å². The molecule has 194 valence electrons. The molecule has 0 aliphatic carbocycles. The summed E-state index contributed by atoms with van der Waals surface area (Å²) >= 11 is 5.64. The standard InChI is InChI=1S/C25H38N4O5S/c1-24(2,3)34-16-20(21(30)33-5)27-22(31)29-14-11-25(17-29)9-12-28(13-10-25)23(35)26-18-7-6-8-19(15-18)32-4/h6-8,15,20H,9-14,16-17H2,1-5H3,(H,26,35)(H,27,31). The number of methoxy groups -OCH3 is 2. The lowest BCUT2D eigenvalue weighted by molar-refractivity contribution is -0.146. The SMILES string of the molecule is COC(=O)C(COC(C)(C)C)NC(=O)N1CCC2(CCN(C(=S)Nc3cccc(OC)c3)CC2)C1. The minimum atomic E-state index is -0.842. The molecule has 1 spiro atoms. The molecule has 10 heteroatoms. The summed E-state index contributed by atoms with van der Waals surface area (Å²) in [6.45, 7) is 8.74. The van der Waals surface area contributed by atoms with Gasteiger partial charge in [0.05, 0.1) is 26.4 Å². The van der Waals surface area contributed by atoms with Crippen LogP contribution < -0.4 is 15.4 Å². The summed E-state index contributed by atoms with van der Waals surface area (Å²) in [6, 6.07) is 6.60. The number of nitrogens with one attached hydrogen (secondary N) is 2. The molecule has 2 amide bonds. The summed E-state index contributed by atoms with van der Waals surface area (Å²) < 4.78 is 15.9. The maximum absolute atomic E-state index is 13.0. The number of rotatable bonds is 6. The van der Waals surface area contributed by atoms with E-state index < -0.39 is 17.6 Å². The lowest BCUT2D eigenvalue weighted by atomic mass is 9.78. The second-order valence-electron chi connectivity index (χ2n) is 10.3. The van der Waals surface area contributed by atoms with Crippen molar-refractivity contribution in [2.45, 2.75) is 51.7 Å². The summed E-state index contributed by atoms with van der Waals surface area (Å²) in [5.41, 5.74) is 0.543. The number of nitrogens with zero attached hydrogens (tertiary/aromatic N) is 2. The Balaban J connectivity index is 1.51. The van der Waals surface area contributed by atoms with Crippen LogP contribution in [0, 0.1) is 5.41 Å². The number of anilines is 1. The third kappa shape index (κ3) is 7.44. The minimum absolute atomic E-state index is 0.0631. The highest BCUT2D eigenvalue weighted by atomic mass is 32.1. The first-order chi connectivity index (χ1) is 16.5. The lowest BCUT2D eigenvalue weighted by Gasteiger charge is -2.40. The van der Waals surface area contributed by atoms with E-state index in [0.717, 1.165) is 43.8 Å². The Hall–Kier alpha value is -2.59. The van der Waals surface area contributed by atoms with Crippen LogP contribution in [0.5, 0.6) is 5.75 Å². The smallest absolute Gasteiger partial charge is 0.330 e. The number of benzene rings is 1. The first-order valence-corrected chi connectivity index (χ1v) is 12.4. The molecule has 1 aromatic rings. The van der Waals surface area contributed by atoms with Gasteiger partial charge < -0.3 is 34.6 Å². The van der Waals surface area contributed by atoms with Crippen molar-refractivity contribution in [1.82, 2.24) is 15.1 Å². The number of ether oxygens (including phenoxy) is 3. The number of amides is 2. The zero-order valence-electron chi connectivity index (χ0n) is 21.4. The topological polar surface area (TPSA) is 92.4 Å². The van der Waals surface area contributed by atoms with Crippen molar-refractivity contribution >= 4 is 35.0 Å². The Morgan fingerprint density at radius 1 is 1.11 bits per heavy atom. The van der Waals surface area contributed by atoms with Gasteiger partial charge >= 0.3 is 12.0 Å². The van der Waals surface area contributed by atoms with E-state index in [1.807, 2.05) is 45.0 Å². The number of hydrogen-bond acceptors (Lipinski definition) is 6. The van der Waals surface area contributed by atoms with Gasteiger partial charge in [-0.15, -0.1) is 0 Å². The van der Waals surface area contributed by atoms with Gasteiger partial charge in [-0.3, -0.25) is 0 Å². The largest absolute Gasteiger partial charge is 0.497 e. The molecule has 0 radical (unpaired) electrons. The molecule has 2 fully saturated rings. The van der Waals surface area contributed by atoms with E-state index in [1.165, 1.54) is 7.11 Å². The van der Waals surface area contributed by atoms with E-state index in [9.17, 15) is 9.59 Å². The molecule has 2 aliphatic rings. The Kier molecular flexibility index (Phi) is 8.82. The van der Waals surface area contributed by atoms with E-state index in [0.29, 0.717) is 18.2 Å². The van der Waals surface area contributed by atoms with Gasteiger partial charge in [0.2, 0.25) is 0 Å². The molecule has 2 saturated heterocycles. The summed E-state index contributed by atoms with van der Waals surface area (Å²) in [5.74, 6) is 0.265. The Morgan fingerprint density at radius 3 is 2.37 bits per heavy atom. The van der Waals surface area contributed by atoms with Gasteiger partial charge in [-0.2, -0.15) is 0 Å². The average Bonchev–Trinajstić information content (AvgIpc) is 3.24. The molecule has 1 aromatic carbocycles. The van der Waals surface area contributed by atoms with Crippen molar-refractivity contribution in [3.63, 3.8) is 0 Å². The molecule has 0 bridgehead atoms. The molecular weight excluding hydrogens is 468 g/mol. The van der Waals surface area contributed by atoms with Crippen LogP contribution in [0.15, 0.2) is 24.3 Å². The number of carbonyl (C=O) groups is 2. The van der Waals surface area contributed by atoms with Crippen molar-refractivity contribution in [2.24, 2.45) is 5.41 Å². The van der Waals surface area contributed by atoms with Crippen LogP contribution >= 0.6 is 12.2 Å². The summed E-state index contributed by atoms with van der Waals surface area (Å²) in [6.07, 6.45) is 2.83. The number of hydrogen-bond donors (Lipinski definition) is 2. The predicted molar refractivity (Wildman–Crippen MR) is 139 cm³/mol. The van der Waals surface area contributed by atoms with Gasteiger partial charge in [-0.1, -0.05) is 6.07 Å². The fourth-order valence-corrected chi connectivity index (χ4v) is 4.79. The van der Waals surface area contributed by atoms with Crippen molar-refractivity contribution in [1.29, 1.82) is 0 Å². The molecule has 0 aromatic heterocycles. The van der Waals surface area contributed by atoms with E-state index in [1.54, 1.807) is 12.0 Å². The number of thiocarbonyl (C=S) groups is 1. The van der Waals surface area contributed by atoms with Crippen LogP contribution in [0.2, 0.25) is 0 Å². The highest BCUT2D eigenvalue weighted by molar-refractivity contribution is 7.80. The van der Waals surface area contributed by atoms with Gasteiger partial charge in [-0.25, -0.2) is 9.59 Å². The molecule has 1 unspecified atom stereocenters. The van der Waals surface area contributed by atoms with E-state index in [-0.39, 0.29) is 18.1 Å². The maximum atomic E-state index is 13.0. The molecule has 2 heterocycles. The minimum Gasteiger partial charge on any atom is -0.497 e. The molecule has 1 atom stereocenters. The van der Waals surface area contributed by atoms with Crippen LogP contribution in [-0.4, -0.2) is 85.6 Å². The van der Waals surface area contributed by atoms with Crippen LogP contribution in [0.1, 0.15) is 40.0 Å². The average molecular weight is 507 g/mol. The predicted octanol–water partition coefficient (Wildman–Crippen LogP) is 3.25. The Labute approximate surface area is 213 Å². The van der Waals surface area contributed by atoms with E-state index >= 15 is 0 Å². The van der Waals surface area contributed by atoms with Gasteiger partial charge in [0.15, 0.2) is 11.2 Å². The first kappa shape index (κ1) is 27.0. The fraction of sp³-hybridized carbons (Fsp3) is 0.640. The highest BCUT2D eigenvalue weighted by Gasteiger charge is 2.43. The maximum Gasteiger partial charge on any atom is 0.330 e. The molecule has 2 aliphatic heterocycles. The summed E-state index contributed by atoms with van der Waals surface area (Å²) in [5, 5.41) is 6.80. The molecule has 35 heavy (non-hydrogen) atoms. The quantitative estimate of drug-likeness (QED) is 0.449. The summed E-state index contributed by atoms with van der Waals surface area (Å²) in [7, 11) is 2.95. The third-order valence-corrected chi connectivity index (χ3v) is 6.98. The van der Waals surface area contributed by atoms with Crippen molar-refractivity contribution < 1.29 is 23.8 Å². The highest BCUT2D eigenvalue weighted by Crippen LogP contribution is 2.40. The van der Waals surface area contributed by atoms with Crippen molar-refractivity contribution in [3.05, 3.63) is 24.3 Å². The zero-order chi connectivity index (χ0) is 25.6. The molecule has 3 rings (SSSR count). The zero-order valence-corrected chi connectivity index (χ0v) is 22.2. The van der Waals surface area contributed by atoms with Crippen molar-refractivity contribution in [2.75, 3.05) is 52.3 Å². The molecule has 9 nitrogen and oxygen atoms in total. The third-order valence-electron chi connectivity index (χ3n) is 6.62. The Morgan fingerprint density at radius 2 is 1.77 bits per heavy atom. The number of likely N-dealkylation sites (tertiary alicyclic amines) is 2. The van der Waals surface area contributed by atoms with Gasteiger partial charge in [0, 0.05) is 37.9 Å². The number of esters is 1. The molecular formula is C25H38N4O5S. The van der Waals surface area contributed by atoms with Crippen LogP contribution in [-0.2, 0) is 14.3 Å². The normalized spacial score (nSPS) is 18.2. The van der Waals surface area contributed by atoms with Crippen LogP contribution in [0.4, 0.5) is 10.5 Å². The summed E-state index contributed by atoms with van der Waals surface area (Å²) in [4.78, 5) is 29.1. The number of urea groups is 1. The lowest BCUT2D eigenvalue weighted by Crippen LogP contribution is -2.51. The van der Waals surface area contributed by atoms with E-state index in [4.69, 9.17) is 26.4 Å². The van der Waals surface area contributed by atoms with Crippen LogP contribution in [0.25, 0.3) is 0 Å². The van der Waals surface area contributed by atoms with Gasteiger partial charge in [0.25, 0.3) is 0 Å². The molecule has 0 saturated carbocycles. The number of piperidine rings is 1. The Bertz CT molecular complexity index is 911. The monoisotopic (exact) mass is 506 g/mol. The second kappa shape index (κ2) is 11.4. The van der Waals surface area contributed by atoms with E-state index in [2.05, 4.69) is 15.5 Å². The van der Waals surface area contributed by atoms with Gasteiger partial charge in [-0.05, 0) is 69.8 Å². The van der Waals surface area contributed by atoms with Crippen LogP contribution in [0.3, 0.4) is 0 Å². The fourth-order valence-electron chi connectivity index (χ4n) is 4.49. The second-order valence-corrected chi connectivity index (χ2v) is 10.7. The first-order valence-electron chi connectivity index (χ1n) is 12.0. The molecule has 2 N–H and O–H groups in total. The number of carbonyl (C=O) groups excluding carboxylic acids is 2. The van der Waals surface area contributed by atoms with Gasteiger partial charge in [0.1, 0.15) is 5.75 Å².